The molecule has 2 fully saturated rings. The molecule has 4 aliphatic carbocycles. The van der Waals surface area contributed by atoms with Crippen molar-refractivity contribution in [3.05, 3.63) is 51.6 Å². The fraction of sp³-hybridized carbons (Fsp3) is 0.703. The fourth-order valence-corrected chi connectivity index (χ4v) is 11.2. The lowest BCUT2D eigenvalue weighted by Crippen LogP contribution is -2.64. The zero-order valence-electron chi connectivity index (χ0n) is 27.0. The summed E-state index contributed by atoms with van der Waals surface area (Å²) in [4.78, 5) is 5.24. The number of aliphatic hydroxyl groups excluding tert-OH is 2. The van der Waals surface area contributed by atoms with Crippen molar-refractivity contribution < 1.29 is 15.3 Å². The third kappa shape index (κ3) is 4.26. The molecule has 1 heterocycles. The summed E-state index contributed by atoms with van der Waals surface area (Å²) in [6.07, 6.45) is 8.13. The SMILES string of the molecule is C[C@H](CC[C@@H](O)C(C)(C)O)[C@H]1CC[C@@]2(C)[C@@H]3CC=C4[C@@H](Cc5cc6cc(Br)ccc6nc5C4(C)C)[C@]3(C)[C@H](O)C[C@]12C. The zero-order valence-corrected chi connectivity index (χ0v) is 28.6. The minimum atomic E-state index is -1.08. The molecule has 2 aromatic rings. The Hall–Kier alpha value is -1.27. The van der Waals surface area contributed by atoms with E-state index < -0.39 is 11.7 Å². The predicted molar refractivity (Wildman–Crippen MR) is 174 cm³/mol. The van der Waals surface area contributed by atoms with Crippen LogP contribution in [0.15, 0.2) is 40.4 Å². The van der Waals surface area contributed by atoms with Gasteiger partial charge < -0.3 is 15.3 Å². The van der Waals surface area contributed by atoms with E-state index in [1.807, 2.05) is 0 Å². The Morgan fingerprint density at radius 2 is 1.79 bits per heavy atom. The Kier molecular flexibility index (Phi) is 7.22. The van der Waals surface area contributed by atoms with Crippen LogP contribution in [0.2, 0.25) is 0 Å². The van der Waals surface area contributed by atoms with Gasteiger partial charge in [-0.3, -0.25) is 4.98 Å². The highest BCUT2D eigenvalue weighted by molar-refractivity contribution is 9.10. The lowest BCUT2D eigenvalue weighted by molar-refractivity contribution is -0.198. The molecule has 1 aromatic carbocycles. The molecule has 4 nitrogen and oxygen atoms in total. The summed E-state index contributed by atoms with van der Waals surface area (Å²) >= 11 is 3.65. The zero-order chi connectivity index (χ0) is 30.6. The van der Waals surface area contributed by atoms with Crippen LogP contribution >= 0.6 is 15.9 Å². The molecule has 0 radical (unpaired) electrons. The van der Waals surface area contributed by atoms with Crippen molar-refractivity contribution in [2.24, 2.45) is 39.9 Å². The maximum atomic E-state index is 12.4. The van der Waals surface area contributed by atoms with Crippen molar-refractivity contribution in [2.45, 2.75) is 124 Å². The van der Waals surface area contributed by atoms with E-state index in [2.05, 4.69) is 87.8 Å². The minimum absolute atomic E-state index is 0.0349. The van der Waals surface area contributed by atoms with Crippen LogP contribution in [0, 0.1) is 39.9 Å². The highest BCUT2D eigenvalue weighted by atomic mass is 79.9. The van der Waals surface area contributed by atoms with E-state index in [1.165, 1.54) is 35.1 Å². The normalized spacial score (nSPS) is 38.6. The third-order valence-corrected chi connectivity index (χ3v) is 14.1. The van der Waals surface area contributed by atoms with E-state index in [9.17, 15) is 15.3 Å². The Labute approximate surface area is 261 Å². The first-order valence-corrected chi connectivity index (χ1v) is 17.1. The van der Waals surface area contributed by atoms with Crippen molar-refractivity contribution in [3.8, 4) is 0 Å². The van der Waals surface area contributed by atoms with Gasteiger partial charge in [-0.15, -0.1) is 0 Å². The molecule has 6 rings (SSSR count). The van der Waals surface area contributed by atoms with Gasteiger partial charge in [0.05, 0.1) is 29.0 Å². The number of halogens is 1. The van der Waals surface area contributed by atoms with Gasteiger partial charge in [0.1, 0.15) is 0 Å². The van der Waals surface area contributed by atoms with Crippen molar-refractivity contribution in [1.82, 2.24) is 4.98 Å². The maximum Gasteiger partial charge on any atom is 0.0849 e. The molecular weight excluding hydrogens is 586 g/mol. The average molecular weight is 639 g/mol. The average Bonchev–Trinajstić information content (AvgIpc) is 3.16. The molecule has 0 bridgehead atoms. The number of fused-ring (bicyclic) bond motifs is 7. The van der Waals surface area contributed by atoms with Crippen LogP contribution in [-0.4, -0.2) is 38.1 Å². The van der Waals surface area contributed by atoms with Crippen LogP contribution < -0.4 is 0 Å². The molecule has 0 aliphatic heterocycles. The summed E-state index contributed by atoms with van der Waals surface area (Å²) in [5.41, 5.74) is 3.78. The Morgan fingerprint density at radius 3 is 2.48 bits per heavy atom. The highest BCUT2D eigenvalue weighted by Crippen LogP contribution is 2.74. The number of pyridine rings is 1. The van der Waals surface area contributed by atoms with E-state index >= 15 is 0 Å². The van der Waals surface area contributed by atoms with E-state index in [0.717, 1.165) is 35.7 Å². The van der Waals surface area contributed by atoms with Crippen LogP contribution in [0.4, 0.5) is 0 Å². The smallest absolute Gasteiger partial charge is 0.0849 e. The summed E-state index contributed by atoms with van der Waals surface area (Å²) in [5, 5.41) is 34.4. The molecule has 2 saturated carbocycles. The van der Waals surface area contributed by atoms with Crippen LogP contribution in [-0.2, 0) is 11.8 Å². The van der Waals surface area contributed by atoms with E-state index in [-0.39, 0.29) is 27.8 Å². The number of hydrogen-bond acceptors (Lipinski definition) is 4. The van der Waals surface area contributed by atoms with Crippen LogP contribution in [0.5, 0.6) is 0 Å². The van der Waals surface area contributed by atoms with Crippen molar-refractivity contribution >= 4 is 26.8 Å². The lowest BCUT2D eigenvalue weighted by Gasteiger charge is -2.67. The minimum Gasteiger partial charge on any atom is -0.393 e. The van der Waals surface area contributed by atoms with Crippen molar-refractivity contribution in [1.29, 1.82) is 0 Å². The Morgan fingerprint density at radius 1 is 1.07 bits per heavy atom. The Balaban J connectivity index is 1.35. The number of nitrogens with zero attached hydrogens (tertiary/aromatic N) is 1. The molecular formula is C37H52BrNO3. The van der Waals surface area contributed by atoms with Crippen molar-refractivity contribution in [3.63, 3.8) is 0 Å². The molecule has 0 amide bonds. The molecule has 42 heavy (non-hydrogen) atoms. The van der Waals surface area contributed by atoms with Crippen LogP contribution in [0.1, 0.15) is 105 Å². The second-order valence-corrected chi connectivity index (χ2v) is 17.4. The lowest BCUT2D eigenvalue weighted by atomic mass is 9.38. The van der Waals surface area contributed by atoms with Gasteiger partial charge in [0.15, 0.2) is 0 Å². The topological polar surface area (TPSA) is 73.6 Å². The molecule has 3 N–H and O–H groups in total. The quantitative estimate of drug-likeness (QED) is 0.289. The monoisotopic (exact) mass is 637 g/mol. The number of rotatable bonds is 5. The highest BCUT2D eigenvalue weighted by Gasteiger charge is 2.70. The molecule has 0 saturated heterocycles. The van der Waals surface area contributed by atoms with Gasteiger partial charge >= 0.3 is 0 Å². The standard InChI is InChI=1S/C37H52BrNO3/c1-21(9-14-30(40)34(4,5)42)25-15-16-35(6)29-13-11-26-27(37(29,8)31(41)20-36(25,35)7)19-23-17-22-18-24(38)10-12-28(22)39-32(23)33(26,2)3/h10-12,17-18,21,25,27,29-31,40-42H,9,13-16,19-20H2,1-8H3/t21-,25-,27-,29+,30-,31-,35+,36-,37+/m1/s1. The van der Waals surface area contributed by atoms with Gasteiger partial charge in [0.2, 0.25) is 0 Å². The maximum absolute atomic E-state index is 12.4. The fourth-order valence-electron chi connectivity index (χ4n) is 10.8. The first-order valence-electron chi connectivity index (χ1n) is 16.3. The molecule has 0 unspecified atom stereocenters. The second kappa shape index (κ2) is 9.86. The number of aromatic nitrogens is 1. The molecule has 4 aliphatic rings. The summed E-state index contributed by atoms with van der Waals surface area (Å²) in [7, 11) is 0. The van der Waals surface area contributed by atoms with E-state index in [4.69, 9.17) is 4.98 Å². The van der Waals surface area contributed by atoms with Crippen LogP contribution in [0.3, 0.4) is 0 Å². The summed E-state index contributed by atoms with van der Waals surface area (Å²) in [5.74, 6) is 1.63. The number of aliphatic hydroxyl groups is 3. The molecule has 9 atom stereocenters. The number of benzene rings is 1. The molecule has 230 valence electrons. The number of allylic oxidation sites excluding steroid dienone is 2. The van der Waals surface area contributed by atoms with E-state index in [1.54, 1.807) is 13.8 Å². The summed E-state index contributed by atoms with van der Waals surface area (Å²) in [6.45, 7) is 17.9. The number of hydrogen-bond donors (Lipinski definition) is 3. The van der Waals surface area contributed by atoms with Gasteiger partial charge in [-0.2, -0.15) is 0 Å². The summed E-state index contributed by atoms with van der Waals surface area (Å²) in [6, 6.07) is 8.73. The van der Waals surface area contributed by atoms with E-state index in [0.29, 0.717) is 30.1 Å². The molecule has 5 heteroatoms. The summed E-state index contributed by atoms with van der Waals surface area (Å²) < 4.78 is 1.08. The van der Waals surface area contributed by atoms with Gasteiger partial charge in [-0.05, 0) is 123 Å². The van der Waals surface area contributed by atoms with Crippen LogP contribution in [0.25, 0.3) is 10.9 Å². The Bertz CT molecular complexity index is 1430. The largest absolute Gasteiger partial charge is 0.393 e. The van der Waals surface area contributed by atoms with Crippen molar-refractivity contribution in [2.75, 3.05) is 0 Å². The van der Waals surface area contributed by atoms with Gasteiger partial charge in [0.25, 0.3) is 0 Å². The molecule has 1 aromatic heterocycles. The first kappa shape index (κ1) is 30.7. The van der Waals surface area contributed by atoms with Gasteiger partial charge in [-0.1, -0.05) is 69.1 Å². The predicted octanol–water partition coefficient (Wildman–Crippen LogP) is 8.14. The molecule has 0 spiro atoms. The first-order chi connectivity index (χ1) is 19.4. The van der Waals surface area contributed by atoms with Gasteiger partial charge in [0, 0.05) is 20.7 Å². The third-order valence-electron chi connectivity index (χ3n) is 13.6. The van der Waals surface area contributed by atoms with Gasteiger partial charge in [-0.25, -0.2) is 0 Å². The second-order valence-electron chi connectivity index (χ2n) is 16.5.